The van der Waals surface area contributed by atoms with Crippen LogP contribution in [0.4, 0.5) is 0 Å². The van der Waals surface area contributed by atoms with Gasteiger partial charge in [-0.2, -0.15) is 0 Å². The Morgan fingerprint density at radius 1 is 1.20 bits per heavy atom. The van der Waals surface area contributed by atoms with E-state index in [4.69, 9.17) is 4.74 Å². The number of aliphatic hydroxyl groups excluding tert-OH is 1. The summed E-state index contributed by atoms with van der Waals surface area (Å²) in [6.07, 6.45) is 2.18. The lowest BCUT2D eigenvalue weighted by Gasteiger charge is -2.28. The maximum Gasteiger partial charge on any atom is 0.137 e. The number of hydrogen-bond donors (Lipinski definition) is 2. The van der Waals surface area contributed by atoms with Gasteiger partial charge in [0.2, 0.25) is 0 Å². The predicted octanol–water partition coefficient (Wildman–Crippen LogP) is 1.36. The van der Waals surface area contributed by atoms with Crippen molar-refractivity contribution in [3.05, 3.63) is 29.3 Å². The van der Waals surface area contributed by atoms with Crippen LogP contribution < -0.4 is 9.64 Å². The summed E-state index contributed by atoms with van der Waals surface area (Å²) in [7, 11) is 0. The van der Waals surface area contributed by atoms with Gasteiger partial charge in [0.1, 0.15) is 25.0 Å². The lowest BCUT2D eigenvalue weighted by atomic mass is 9.99. The van der Waals surface area contributed by atoms with Gasteiger partial charge in [0.05, 0.1) is 13.1 Å². The van der Waals surface area contributed by atoms with Crippen molar-refractivity contribution in [3.8, 4) is 5.75 Å². The van der Waals surface area contributed by atoms with Gasteiger partial charge in [-0.1, -0.05) is 13.0 Å². The first kappa shape index (κ1) is 15.3. The number of nitrogens with one attached hydrogen (secondary N) is 1. The molecule has 1 saturated heterocycles. The van der Waals surface area contributed by atoms with Crippen molar-refractivity contribution in [3.63, 3.8) is 0 Å². The highest BCUT2D eigenvalue weighted by atomic mass is 16.5. The monoisotopic (exact) mass is 278 g/mol. The average molecular weight is 278 g/mol. The summed E-state index contributed by atoms with van der Waals surface area (Å²) >= 11 is 0. The lowest BCUT2D eigenvalue weighted by molar-refractivity contribution is -0.909. The van der Waals surface area contributed by atoms with Crippen molar-refractivity contribution in [2.24, 2.45) is 5.92 Å². The van der Waals surface area contributed by atoms with E-state index in [0.29, 0.717) is 6.61 Å². The zero-order chi connectivity index (χ0) is 14.5. The number of ether oxygens (including phenoxy) is 1. The maximum absolute atomic E-state index is 10.1. The van der Waals surface area contributed by atoms with E-state index in [9.17, 15) is 5.11 Å². The molecule has 20 heavy (non-hydrogen) atoms. The molecule has 1 heterocycles. The molecule has 1 fully saturated rings. The molecule has 1 aromatic rings. The first-order valence-corrected chi connectivity index (χ1v) is 7.75. The van der Waals surface area contributed by atoms with E-state index in [1.807, 2.05) is 12.1 Å². The van der Waals surface area contributed by atoms with E-state index < -0.39 is 0 Å². The third-order valence-corrected chi connectivity index (χ3v) is 4.14. The van der Waals surface area contributed by atoms with Crippen LogP contribution in [0.5, 0.6) is 5.75 Å². The van der Waals surface area contributed by atoms with Gasteiger partial charge in [-0.3, -0.25) is 0 Å². The van der Waals surface area contributed by atoms with Gasteiger partial charge in [-0.05, 0) is 55.9 Å². The molecular weight excluding hydrogens is 250 g/mol. The molecule has 0 aromatic heterocycles. The SMILES string of the molecule is Cc1cc(C)cc(OC[C@@H](O)C[NH+]2CCC(C)CC2)c1. The number of benzene rings is 1. The Kier molecular flexibility index (Phi) is 5.44. The van der Waals surface area contributed by atoms with Gasteiger partial charge in [-0.15, -0.1) is 0 Å². The highest BCUT2D eigenvalue weighted by Crippen LogP contribution is 2.16. The number of piperidine rings is 1. The molecule has 1 aliphatic rings. The summed E-state index contributed by atoms with van der Waals surface area (Å²) in [5.41, 5.74) is 2.40. The molecule has 0 saturated carbocycles. The van der Waals surface area contributed by atoms with E-state index in [-0.39, 0.29) is 6.10 Å². The second-order valence-corrected chi connectivity index (χ2v) is 6.42. The average Bonchev–Trinajstić information content (AvgIpc) is 2.38. The van der Waals surface area contributed by atoms with Gasteiger partial charge >= 0.3 is 0 Å². The normalized spacial score (nSPS) is 24.4. The number of aliphatic hydroxyl groups is 1. The molecule has 1 aromatic carbocycles. The molecule has 1 aliphatic heterocycles. The zero-order valence-electron chi connectivity index (χ0n) is 13.0. The van der Waals surface area contributed by atoms with E-state index in [1.54, 1.807) is 0 Å². The minimum Gasteiger partial charge on any atom is -0.491 e. The van der Waals surface area contributed by atoms with Crippen molar-refractivity contribution in [2.75, 3.05) is 26.2 Å². The number of aryl methyl sites for hydroxylation is 2. The van der Waals surface area contributed by atoms with Crippen molar-refractivity contribution < 1.29 is 14.7 Å². The summed E-state index contributed by atoms with van der Waals surface area (Å²) in [6.45, 7) is 10.0. The molecular formula is C17H28NO2+. The van der Waals surface area contributed by atoms with E-state index in [2.05, 4.69) is 26.8 Å². The third-order valence-electron chi connectivity index (χ3n) is 4.14. The fraction of sp³-hybridized carbons (Fsp3) is 0.647. The Bertz CT molecular complexity index is 405. The van der Waals surface area contributed by atoms with E-state index >= 15 is 0 Å². The van der Waals surface area contributed by atoms with Crippen LogP contribution in [-0.4, -0.2) is 37.5 Å². The quantitative estimate of drug-likeness (QED) is 0.853. The molecule has 3 nitrogen and oxygen atoms in total. The highest BCUT2D eigenvalue weighted by Gasteiger charge is 2.21. The molecule has 0 radical (unpaired) electrons. The Balaban J connectivity index is 1.75. The van der Waals surface area contributed by atoms with Gasteiger partial charge in [-0.25, -0.2) is 0 Å². The Morgan fingerprint density at radius 3 is 2.40 bits per heavy atom. The molecule has 0 unspecified atom stereocenters. The summed E-state index contributed by atoms with van der Waals surface area (Å²) in [4.78, 5) is 1.51. The first-order valence-electron chi connectivity index (χ1n) is 7.75. The molecule has 3 heteroatoms. The largest absolute Gasteiger partial charge is 0.491 e. The van der Waals surface area contributed by atoms with Crippen LogP contribution in [0.3, 0.4) is 0 Å². The van der Waals surface area contributed by atoms with Crippen LogP contribution in [0.15, 0.2) is 18.2 Å². The van der Waals surface area contributed by atoms with Gasteiger partial charge in [0, 0.05) is 0 Å². The van der Waals surface area contributed by atoms with Crippen molar-refractivity contribution >= 4 is 0 Å². The molecule has 0 bridgehead atoms. The number of likely N-dealkylation sites (tertiary alicyclic amines) is 1. The standard InChI is InChI=1S/C17H27NO2/c1-13-4-6-18(7-5-13)11-16(19)12-20-17-9-14(2)8-15(3)10-17/h8-10,13,16,19H,4-7,11-12H2,1-3H3/p+1/t16-/m0/s1. The van der Waals surface area contributed by atoms with Crippen molar-refractivity contribution in [2.45, 2.75) is 39.7 Å². The molecule has 0 amide bonds. The zero-order valence-corrected chi connectivity index (χ0v) is 13.0. The van der Waals surface area contributed by atoms with Crippen LogP contribution in [0.2, 0.25) is 0 Å². The number of hydrogen-bond acceptors (Lipinski definition) is 2. The van der Waals surface area contributed by atoms with Crippen LogP contribution in [0.1, 0.15) is 30.9 Å². The summed E-state index contributed by atoms with van der Waals surface area (Å²) in [6, 6.07) is 6.17. The summed E-state index contributed by atoms with van der Waals surface area (Å²) in [5.74, 6) is 1.71. The minimum absolute atomic E-state index is 0.376. The molecule has 0 aliphatic carbocycles. The maximum atomic E-state index is 10.1. The number of quaternary nitrogens is 1. The summed E-state index contributed by atoms with van der Waals surface area (Å²) in [5, 5.41) is 10.1. The third kappa shape index (κ3) is 4.80. The van der Waals surface area contributed by atoms with E-state index in [1.165, 1.54) is 42.0 Å². The number of rotatable bonds is 5. The van der Waals surface area contributed by atoms with Gasteiger partial charge in [0.15, 0.2) is 0 Å². The van der Waals surface area contributed by atoms with Crippen molar-refractivity contribution in [1.29, 1.82) is 0 Å². The second kappa shape index (κ2) is 7.09. The van der Waals surface area contributed by atoms with Crippen LogP contribution >= 0.6 is 0 Å². The Morgan fingerprint density at radius 2 is 1.80 bits per heavy atom. The van der Waals surface area contributed by atoms with Crippen molar-refractivity contribution in [1.82, 2.24) is 0 Å². The van der Waals surface area contributed by atoms with Crippen LogP contribution in [0.25, 0.3) is 0 Å². The topological polar surface area (TPSA) is 33.9 Å². The van der Waals surface area contributed by atoms with Crippen LogP contribution in [0, 0.1) is 19.8 Å². The molecule has 112 valence electrons. The van der Waals surface area contributed by atoms with Crippen LogP contribution in [-0.2, 0) is 0 Å². The second-order valence-electron chi connectivity index (χ2n) is 6.42. The highest BCUT2D eigenvalue weighted by molar-refractivity contribution is 5.32. The first-order chi connectivity index (χ1) is 9.52. The molecule has 2 rings (SSSR count). The Hall–Kier alpha value is -1.06. The molecule has 0 spiro atoms. The smallest absolute Gasteiger partial charge is 0.137 e. The minimum atomic E-state index is -0.376. The predicted molar refractivity (Wildman–Crippen MR) is 81.4 cm³/mol. The fourth-order valence-corrected chi connectivity index (χ4v) is 2.98. The van der Waals surface area contributed by atoms with E-state index in [0.717, 1.165) is 18.2 Å². The molecule has 2 N–H and O–H groups in total. The Labute approximate surface area is 122 Å². The fourth-order valence-electron chi connectivity index (χ4n) is 2.98. The molecule has 1 atom stereocenters. The van der Waals surface area contributed by atoms with Gasteiger partial charge in [0.25, 0.3) is 0 Å². The summed E-state index contributed by atoms with van der Waals surface area (Å²) < 4.78 is 5.73. The van der Waals surface area contributed by atoms with Gasteiger partial charge < -0.3 is 14.7 Å². The lowest BCUT2D eigenvalue weighted by Crippen LogP contribution is -3.14.